The molecule has 2 aromatic rings. The van der Waals surface area contributed by atoms with Gasteiger partial charge in [-0.3, -0.25) is 0 Å². The Bertz CT molecular complexity index is 522. The molecule has 19 heavy (non-hydrogen) atoms. The Kier molecular flexibility index (Phi) is 4.12. The van der Waals surface area contributed by atoms with Crippen molar-refractivity contribution < 1.29 is 14.3 Å². The summed E-state index contributed by atoms with van der Waals surface area (Å²) in [6.07, 6.45) is 1.67. The summed E-state index contributed by atoms with van der Waals surface area (Å²) in [5, 5.41) is 13.0. The van der Waals surface area contributed by atoms with E-state index >= 15 is 0 Å². The minimum Gasteiger partial charge on any atom is -0.504 e. The lowest BCUT2D eigenvalue weighted by Crippen LogP contribution is -2.22. The summed E-state index contributed by atoms with van der Waals surface area (Å²) in [6.45, 7) is 4.11. The zero-order valence-electron chi connectivity index (χ0n) is 11.4. The quantitative estimate of drug-likeness (QED) is 0.866. The average Bonchev–Trinajstić information content (AvgIpc) is 2.93. The first-order valence-electron chi connectivity index (χ1n) is 6.28. The molecular weight excluding hydrogens is 242 g/mol. The Morgan fingerprint density at radius 3 is 2.63 bits per heavy atom. The molecule has 102 valence electrons. The molecule has 1 unspecified atom stereocenters. The number of aromatic hydroxyl groups is 1. The maximum Gasteiger partial charge on any atom is 0.160 e. The van der Waals surface area contributed by atoms with E-state index in [9.17, 15) is 5.11 Å². The highest BCUT2D eigenvalue weighted by Gasteiger charge is 2.14. The first-order chi connectivity index (χ1) is 9.11. The fourth-order valence-electron chi connectivity index (χ4n) is 2.05. The Hall–Kier alpha value is -1.94. The van der Waals surface area contributed by atoms with Crippen LogP contribution in [-0.4, -0.2) is 12.2 Å². The van der Waals surface area contributed by atoms with Gasteiger partial charge in [0.05, 0.1) is 19.4 Å². The van der Waals surface area contributed by atoms with Crippen LogP contribution < -0.4 is 10.1 Å². The summed E-state index contributed by atoms with van der Waals surface area (Å²) in [7, 11) is 1.54. The van der Waals surface area contributed by atoms with Gasteiger partial charge in [0.25, 0.3) is 0 Å². The molecule has 2 rings (SSSR count). The lowest BCUT2D eigenvalue weighted by atomic mass is 10.1. The first-order valence-corrected chi connectivity index (χ1v) is 6.28. The number of furan rings is 1. The van der Waals surface area contributed by atoms with E-state index < -0.39 is 0 Å². The molecule has 0 spiro atoms. The zero-order valence-corrected chi connectivity index (χ0v) is 11.4. The monoisotopic (exact) mass is 261 g/mol. The zero-order chi connectivity index (χ0) is 13.8. The second-order valence-electron chi connectivity index (χ2n) is 4.56. The van der Waals surface area contributed by atoms with E-state index in [1.807, 2.05) is 31.2 Å². The van der Waals surface area contributed by atoms with Gasteiger partial charge in [0, 0.05) is 6.04 Å². The normalized spacial score (nSPS) is 14.1. The van der Waals surface area contributed by atoms with Crippen LogP contribution in [0.25, 0.3) is 0 Å². The molecule has 0 aliphatic carbocycles. The van der Waals surface area contributed by atoms with Gasteiger partial charge in [-0.25, -0.2) is 0 Å². The van der Waals surface area contributed by atoms with Gasteiger partial charge in [0.15, 0.2) is 11.5 Å². The van der Waals surface area contributed by atoms with Crippen LogP contribution >= 0.6 is 0 Å². The van der Waals surface area contributed by atoms with Crippen LogP contribution in [0.1, 0.15) is 37.3 Å². The molecule has 1 aromatic heterocycles. The van der Waals surface area contributed by atoms with Gasteiger partial charge in [-0.15, -0.1) is 0 Å². The topological polar surface area (TPSA) is 54.6 Å². The third-order valence-electron chi connectivity index (χ3n) is 3.17. The maximum atomic E-state index is 9.59. The van der Waals surface area contributed by atoms with E-state index in [-0.39, 0.29) is 17.8 Å². The van der Waals surface area contributed by atoms with Gasteiger partial charge in [-0.05, 0) is 43.7 Å². The minimum absolute atomic E-state index is 0.116. The smallest absolute Gasteiger partial charge is 0.160 e. The van der Waals surface area contributed by atoms with Crippen LogP contribution in [0.15, 0.2) is 41.0 Å². The predicted molar refractivity (Wildman–Crippen MR) is 73.3 cm³/mol. The van der Waals surface area contributed by atoms with E-state index in [0.717, 1.165) is 11.3 Å². The number of methoxy groups -OCH3 is 1. The van der Waals surface area contributed by atoms with Gasteiger partial charge in [-0.1, -0.05) is 6.07 Å². The molecule has 1 heterocycles. The van der Waals surface area contributed by atoms with Crippen molar-refractivity contribution in [2.75, 3.05) is 7.11 Å². The number of benzene rings is 1. The van der Waals surface area contributed by atoms with Crippen LogP contribution in [-0.2, 0) is 0 Å². The third kappa shape index (κ3) is 3.09. The van der Waals surface area contributed by atoms with Crippen LogP contribution in [0.4, 0.5) is 0 Å². The van der Waals surface area contributed by atoms with Crippen LogP contribution in [0, 0.1) is 0 Å². The van der Waals surface area contributed by atoms with Gasteiger partial charge >= 0.3 is 0 Å². The van der Waals surface area contributed by atoms with Crippen molar-refractivity contribution in [3.8, 4) is 11.5 Å². The largest absolute Gasteiger partial charge is 0.504 e. The number of nitrogens with one attached hydrogen (secondary N) is 1. The summed E-state index contributed by atoms with van der Waals surface area (Å²) in [4.78, 5) is 0. The molecule has 1 aromatic carbocycles. The van der Waals surface area contributed by atoms with Crippen LogP contribution in [0.2, 0.25) is 0 Å². The molecule has 0 amide bonds. The van der Waals surface area contributed by atoms with Crippen molar-refractivity contribution in [1.29, 1.82) is 0 Å². The Morgan fingerprint density at radius 2 is 2.00 bits per heavy atom. The summed E-state index contributed by atoms with van der Waals surface area (Å²) < 4.78 is 10.5. The van der Waals surface area contributed by atoms with Crippen molar-refractivity contribution in [2.24, 2.45) is 0 Å². The third-order valence-corrected chi connectivity index (χ3v) is 3.17. The highest BCUT2D eigenvalue weighted by Crippen LogP contribution is 2.29. The molecule has 0 saturated heterocycles. The van der Waals surface area contributed by atoms with Crippen molar-refractivity contribution in [1.82, 2.24) is 5.32 Å². The molecule has 2 N–H and O–H groups in total. The van der Waals surface area contributed by atoms with Gasteiger partial charge in [-0.2, -0.15) is 0 Å². The van der Waals surface area contributed by atoms with E-state index in [2.05, 4.69) is 12.2 Å². The molecule has 0 radical (unpaired) electrons. The predicted octanol–water partition coefficient (Wildman–Crippen LogP) is 3.41. The minimum atomic E-state index is 0.116. The van der Waals surface area contributed by atoms with E-state index in [1.165, 1.54) is 0 Å². The van der Waals surface area contributed by atoms with Crippen LogP contribution in [0.3, 0.4) is 0 Å². The molecule has 0 bridgehead atoms. The molecule has 0 aliphatic rings. The van der Waals surface area contributed by atoms with E-state index in [0.29, 0.717) is 5.75 Å². The van der Waals surface area contributed by atoms with Crippen molar-refractivity contribution in [3.05, 3.63) is 47.9 Å². The molecule has 0 aliphatic heterocycles. The number of hydrogen-bond donors (Lipinski definition) is 2. The number of phenols is 1. The highest BCUT2D eigenvalue weighted by atomic mass is 16.5. The van der Waals surface area contributed by atoms with Crippen molar-refractivity contribution >= 4 is 0 Å². The summed E-state index contributed by atoms with van der Waals surface area (Å²) in [5.41, 5.74) is 1.05. The molecule has 0 fully saturated rings. The molecule has 4 nitrogen and oxygen atoms in total. The standard InChI is InChI=1S/C15H19NO3/c1-10(16-11(2)14-5-4-8-19-14)12-6-7-13(17)15(9-12)18-3/h4-11,16-17H,1-3H3/t10?,11-/m1/s1. The number of hydrogen-bond acceptors (Lipinski definition) is 4. The molecule has 2 atom stereocenters. The Labute approximate surface area is 113 Å². The lowest BCUT2D eigenvalue weighted by Gasteiger charge is -2.19. The summed E-state index contributed by atoms with van der Waals surface area (Å²) in [5.74, 6) is 1.53. The van der Waals surface area contributed by atoms with Gasteiger partial charge < -0.3 is 19.6 Å². The number of ether oxygens (including phenoxy) is 1. The van der Waals surface area contributed by atoms with Crippen LogP contribution in [0.5, 0.6) is 11.5 Å². The summed E-state index contributed by atoms with van der Waals surface area (Å²) >= 11 is 0. The Balaban J connectivity index is 2.09. The second-order valence-corrected chi connectivity index (χ2v) is 4.56. The fraction of sp³-hybridized carbons (Fsp3) is 0.333. The number of phenolic OH excluding ortho intramolecular Hbond substituents is 1. The lowest BCUT2D eigenvalue weighted by molar-refractivity contribution is 0.370. The Morgan fingerprint density at radius 1 is 1.21 bits per heavy atom. The average molecular weight is 261 g/mol. The van der Waals surface area contributed by atoms with Crippen molar-refractivity contribution in [2.45, 2.75) is 25.9 Å². The summed E-state index contributed by atoms with van der Waals surface area (Å²) in [6, 6.07) is 9.42. The first kappa shape index (κ1) is 13.5. The highest BCUT2D eigenvalue weighted by molar-refractivity contribution is 5.42. The van der Waals surface area contributed by atoms with Gasteiger partial charge in [0.2, 0.25) is 0 Å². The molecular formula is C15H19NO3. The number of rotatable bonds is 5. The fourth-order valence-corrected chi connectivity index (χ4v) is 2.05. The second kappa shape index (κ2) is 5.80. The molecule has 0 saturated carbocycles. The maximum absolute atomic E-state index is 9.59. The van der Waals surface area contributed by atoms with E-state index in [4.69, 9.17) is 9.15 Å². The molecule has 4 heteroatoms. The van der Waals surface area contributed by atoms with E-state index in [1.54, 1.807) is 19.4 Å². The van der Waals surface area contributed by atoms with Crippen molar-refractivity contribution in [3.63, 3.8) is 0 Å². The SMILES string of the molecule is COc1cc(C(C)N[C@H](C)c2ccco2)ccc1O. The van der Waals surface area contributed by atoms with Gasteiger partial charge in [0.1, 0.15) is 5.76 Å².